The minimum atomic E-state index is -0.0457. The molecular weight excluding hydrogens is 258 g/mol. The van der Waals surface area contributed by atoms with Crippen LogP contribution in [-0.2, 0) is 4.74 Å². The van der Waals surface area contributed by atoms with Crippen LogP contribution in [0.4, 0.5) is 0 Å². The van der Waals surface area contributed by atoms with E-state index in [1.54, 1.807) is 6.07 Å². The van der Waals surface area contributed by atoms with Gasteiger partial charge in [-0.1, -0.05) is 15.9 Å². The van der Waals surface area contributed by atoms with Crippen LogP contribution in [0.15, 0.2) is 16.6 Å². The number of halogens is 1. The van der Waals surface area contributed by atoms with Crippen LogP contribution in [0.3, 0.4) is 0 Å². The van der Waals surface area contributed by atoms with Crippen LogP contribution in [0.1, 0.15) is 17.2 Å². The molecule has 15 heavy (non-hydrogen) atoms. The van der Waals surface area contributed by atoms with Crippen molar-refractivity contribution in [1.82, 2.24) is 5.32 Å². The lowest BCUT2D eigenvalue weighted by Gasteiger charge is -2.25. The third-order valence-electron chi connectivity index (χ3n) is 2.58. The first-order chi connectivity index (χ1) is 7.18. The zero-order valence-electron chi connectivity index (χ0n) is 8.59. The van der Waals surface area contributed by atoms with Gasteiger partial charge in [0.2, 0.25) is 0 Å². The summed E-state index contributed by atoms with van der Waals surface area (Å²) >= 11 is 3.46. The van der Waals surface area contributed by atoms with Crippen molar-refractivity contribution in [1.29, 1.82) is 0 Å². The van der Waals surface area contributed by atoms with Crippen LogP contribution in [-0.4, -0.2) is 24.8 Å². The zero-order chi connectivity index (χ0) is 10.8. The van der Waals surface area contributed by atoms with Crippen LogP contribution in [0.2, 0.25) is 0 Å². The average Bonchev–Trinajstić information content (AvgIpc) is 2.25. The van der Waals surface area contributed by atoms with E-state index in [2.05, 4.69) is 21.2 Å². The molecule has 0 spiro atoms. The smallest absolute Gasteiger partial charge is 0.121 e. The number of rotatable bonds is 1. The molecule has 0 amide bonds. The topological polar surface area (TPSA) is 41.5 Å². The molecule has 2 N–H and O–H groups in total. The molecule has 82 valence electrons. The van der Waals surface area contributed by atoms with Gasteiger partial charge in [0.25, 0.3) is 0 Å². The summed E-state index contributed by atoms with van der Waals surface area (Å²) in [6.07, 6.45) is -0.0457. The highest BCUT2D eigenvalue weighted by Gasteiger charge is 2.19. The summed E-state index contributed by atoms with van der Waals surface area (Å²) in [7, 11) is 0. The predicted octanol–water partition coefficient (Wildman–Crippen LogP) is 2.12. The summed E-state index contributed by atoms with van der Waals surface area (Å²) < 4.78 is 6.60. The lowest BCUT2D eigenvalue weighted by molar-refractivity contribution is 0.0263. The highest BCUT2D eigenvalue weighted by atomic mass is 79.9. The molecule has 1 unspecified atom stereocenters. The van der Waals surface area contributed by atoms with Gasteiger partial charge >= 0.3 is 0 Å². The summed E-state index contributed by atoms with van der Waals surface area (Å²) in [5, 5.41) is 13.1. The van der Waals surface area contributed by atoms with Crippen molar-refractivity contribution in [3.05, 3.63) is 27.7 Å². The van der Waals surface area contributed by atoms with Crippen molar-refractivity contribution in [3.63, 3.8) is 0 Å². The summed E-state index contributed by atoms with van der Waals surface area (Å²) in [4.78, 5) is 0. The van der Waals surface area contributed by atoms with Crippen molar-refractivity contribution in [2.75, 3.05) is 19.7 Å². The molecule has 0 saturated carbocycles. The standard InChI is InChI=1S/C11H14BrNO2/c1-7-4-10(14)8(5-9(7)12)11-6-13-2-3-15-11/h4-5,11,13-14H,2-3,6H2,1H3. The fraction of sp³-hybridized carbons (Fsp3) is 0.455. The Hall–Kier alpha value is -0.580. The van der Waals surface area contributed by atoms with Crippen LogP contribution >= 0.6 is 15.9 Å². The number of benzene rings is 1. The minimum Gasteiger partial charge on any atom is -0.508 e. The fourth-order valence-corrected chi connectivity index (χ4v) is 2.07. The zero-order valence-corrected chi connectivity index (χ0v) is 10.2. The van der Waals surface area contributed by atoms with E-state index in [1.807, 2.05) is 13.0 Å². The molecular formula is C11H14BrNO2. The van der Waals surface area contributed by atoms with E-state index >= 15 is 0 Å². The normalized spacial score (nSPS) is 21.6. The van der Waals surface area contributed by atoms with E-state index in [0.717, 1.165) is 28.7 Å². The van der Waals surface area contributed by atoms with Crippen LogP contribution in [0.25, 0.3) is 0 Å². The summed E-state index contributed by atoms with van der Waals surface area (Å²) in [5.41, 5.74) is 1.87. The van der Waals surface area contributed by atoms with E-state index in [4.69, 9.17) is 4.74 Å². The van der Waals surface area contributed by atoms with Gasteiger partial charge in [-0.3, -0.25) is 0 Å². The Labute approximate surface area is 97.6 Å². The average molecular weight is 272 g/mol. The van der Waals surface area contributed by atoms with Crippen molar-refractivity contribution >= 4 is 15.9 Å². The van der Waals surface area contributed by atoms with E-state index in [0.29, 0.717) is 12.4 Å². The Balaban J connectivity index is 2.30. The van der Waals surface area contributed by atoms with Gasteiger partial charge in [0, 0.05) is 23.1 Å². The van der Waals surface area contributed by atoms with Gasteiger partial charge in [-0.05, 0) is 24.6 Å². The minimum absolute atomic E-state index is 0.0457. The predicted molar refractivity (Wildman–Crippen MR) is 62.1 cm³/mol. The van der Waals surface area contributed by atoms with Gasteiger partial charge in [-0.2, -0.15) is 0 Å². The number of aryl methyl sites for hydroxylation is 1. The van der Waals surface area contributed by atoms with Crippen molar-refractivity contribution in [2.24, 2.45) is 0 Å². The molecule has 3 nitrogen and oxygen atoms in total. The monoisotopic (exact) mass is 271 g/mol. The van der Waals surface area contributed by atoms with Gasteiger partial charge in [0.05, 0.1) is 12.7 Å². The van der Waals surface area contributed by atoms with Gasteiger partial charge in [-0.15, -0.1) is 0 Å². The maximum absolute atomic E-state index is 9.84. The number of ether oxygens (including phenoxy) is 1. The number of nitrogens with one attached hydrogen (secondary N) is 1. The molecule has 1 aromatic carbocycles. The first-order valence-electron chi connectivity index (χ1n) is 5.00. The quantitative estimate of drug-likeness (QED) is 0.822. The van der Waals surface area contributed by atoms with Crippen molar-refractivity contribution in [3.8, 4) is 5.75 Å². The molecule has 1 aromatic rings. The van der Waals surface area contributed by atoms with Crippen LogP contribution in [0, 0.1) is 6.92 Å². The lowest BCUT2D eigenvalue weighted by Crippen LogP contribution is -2.33. The maximum Gasteiger partial charge on any atom is 0.121 e. The van der Waals surface area contributed by atoms with E-state index in [-0.39, 0.29) is 6.10 Å². The maximum atomic E-state index is 9.84. The van der Waals surface area contributed by atoms with Crippen molar-refractivity contribution < 1.29 is 9.84 Å². The Morgan fingerprint density at radius 3 is 3.00 bits per heavy atom. The number of phenolic OH excluding ortho intramolecular Hbond substituents is 1. The van der Waals surface area contributed by atoms with Gasteiger partial charge in [0.1, 0.15) is 5.75 Å². The Bertz CT molecular complexity index is 362. The molecule has 1 aliphatic rings. The van der Waals surface area contributed by atoms with E-state index in [9.17, 15) is 5.11 Å². The van der Waals surface area contributed by atoms with Gasteiger partial charge in [-0.25, -0.2) is 0 Å². The van der Waals surface area contributed by atoms with Crippen molar-refractivity contribution in [2.45, 2.75) is 13.0 Å². The van der Waals surface area contributed by atoms with Gasteiger partial charge in [0.15, 0.2) is 0 Å². The molecule has 0 radical (unpaired) electrons. The summed E-state index contributed by atoms with van der Waals surface area (Å²) in [5.74, 6) is 0.310. The summed E-state index contributed by atoms with van der Waals surface area (Å²) in [6, 6.07) is 3.69. The molecule has 1 atom stereocenters. The number of phenols is 1. The molecule has 1 aliphatic heterocycles. The SMILES string of the molecule is Cc1cc(O)c(C2CNCCO2)cc1Br. The Kier molecular flexibility index (Phi) is 3.29. The number of hydrogen-bond acceptors (Lipinski definition) is 3. The first-order valence-corrected chi connectivity index (χ1v) is 5.79. The highest BCUT2D eigenvalue weighted by molar-refractivity contribution is 9.10. The largest absolute Gasteiger partial charge is 0.508 e. The van der Waals surface area contributed by atoms with Crippen LogP contribution < -0.4 is 5.32 Å². The molecule has 1 fully saturated rings. The molecule has 0 aromatic heterocycles. The number of morpholine rings is 1. The highest BCUT2D eigenvalue weighted by Crippen LogP contribution is 2.32. The molecule has 1 heterocycles. The third-order valence-corrected chi connectivity index (χ3v) is 3.44. The van der Waals surface area contributed by atoms with E-state index in [1.165, 1.54) is 0 Å². The second-order valence-electron chi connectivity index (χ2n) is 3.72. The fourth-order valence-electron chi connectivity index (χ4n) is 1.70. The second-order valence-corrected chi connectivity index (χ2v) is 4.58. The second kappa shape index (κ2) is 4.51. The molecule has 2 rings (SSSR count). The lowest BCUT2D eigenvalue weighted by atomic mass is 10.1. The Morgan fingerprint density at radius 2 is 2.33 bits per heavy atom. The molecule has 1 saturated heterocycles. The third kappa shape index (κ3) is 2.33. The number of hydrogen-bond donors (Lipinski definition) is 2. The van der Waals surface area contributed by atoms with Crippen LogP contribution in [0.5, 0.6) is 5.75 Å². The molecule has 0 aliphatic carbocycles. The van der Waals surface area contributed by atoms with Gasteiger partial charge < -0.3 is 15.2 Å². The molecule has 4 heteroatoms. The first kappa shape index (κ1) is 10.9. The molecule has 0 bridgehead atoms. The van der Waals surface area contributed by atoms with E-state index < -0.39 is 0 Å². The summed E-state index contributed by atoms with van der Waals surface area (Å²) in [6.45, 7) is 4.27. The number of aromatic hydroxyl groups is 1. The Morgan fingerprint density at radius 1 is 1.53 bits per heavy atom.